The first-order valence-electron chi connectivity index (χ1n) is 2.97. The molecule has 0 atom stereocenters. The van der Waals surface area contributed by atoms with Gasteiger partial charge in [0.25, 0.3) is 0 Å². The lowest BCUT2D eigenvalue weighted by Crippen LogP contribution is -2.37. The predicted octanol–water partition coefficient (Wildman–Crippen LogP) is 0.269. The molecule has 0 fully saturated rings. The second-order valence-corrected chi connectivity index (χ2v) is 1.92. The van der Waals surface area contributed by atoms with Crippen molar-refractivity contribution in [1.82, 2.24) is 0 Å². The minimum absolute atomic E-state index is 0.701. The molecule has 56 valence electrons. The highest BCUT2D eigenvalue weighted by Gasteiger charge is 2.18. The Kier molecular flexibility index (Phi) is 5.41. The fourth-order valence-electron chi connectivity index (χ4n) is 0. The fraction of sp³-hybridized carbons (Fsp3) is 0.833. The third-order valence-corrected chi connectivity index (χ3v) is 0.603. The highest BCUT2D eigenvalue weighted by molar-refractivity contribution is 5.81. The van der Waals surface area contributed by atoms with Crippen LogP contribution in [0.5, 0.6) is 0 Å². The molecule has 0 rings (SSSR count). The largest absolute Gasteiger partial charge is 0.381 e. The van der Waals surface area contributed by atoms with E-state index in [9.17, 15) is 4.79 Å². The van der Waals surface area contributed by atoms with Crippen LogP contribution in [0.2, 0.25) is 0 Å². The second kappa shape index (κ2) is 4.32. The summed E-state index contributed by atoms with van der Waals surface area (Å²) in [4.78, 5) is 9.99. The minimum atomic E-state index is -1.36. The van der Waals surface area contributed by atoms with E-state index in [4.69, 9.17) is 5.11 Å². The third kappa shape index (κ3) is 7.43. The Balaban J connectivity index is 0. The third-order valence-electron chi connectivity index (χ3n) is 0.603. The Morgan fingerprint density at radius 2 is 1.56 bits per heavy atom. The van der Waals surface area contributed by atoms with Crippen LogP contribution in [0, 0.1) is 0 Å². The second-order valence-electron chi connectivity index (χ2n) is 1.92. The van der Waals surface area contributed by atoms with Crippen molar-refractivity contribution in [1.29, 1.82) is 0 Å². The highest BCUT2D eigenvalue weighted by Crippen LogP contribution is 1.95. The normalized spacial score (nSPS) is 9.44. The van der Waals surface area contributed by atoms with Gasteiger partial charge in [0, 0.05) is 0 Å². The molecule has 1 amide bonds. The van der Waals surface area contributed by atoms with Gasteiger partial charge in [-0.05, 0) is 13.8 Å². The maximum atomic E-state index is 9.99. The van der Waals surface area contributed by atoms with Crippen LogP contribution in [-0.2, 0) is 4.79 Å². The lowest BCUT2D eigenvalue weighted by atomic mass is 10.1. The van der Waals surface area contributed by atoms with E-state index in [1.54, 1.807) is 0 Å². The number of carbonyl (C=O) groups excluding carboxylic acids is 1. The molecule has 0 aliphatic carbocycles. The Bertz CT molecular complexity index is 83.5. The van der Waals surface area contributed by atoms with E-state index in [0.29, 0.717) is 0 Å². The summed E-state index contributed by atoms with van der Waals surface area (Å²) in [6.07, 6.45) is 0. The Morgan fingerprint density at radius 1 is 1.44 bits per heavy atom. The maximum absolute atomic E-state index is 9.99. The van der Waals surface area contributed by atoms with E-state index in [-0.39, 0.29) is 0 Å². The predicted molar refractivity (Wildman–Crippen MR) is 36.8 cm³/mol. The van der Waals surface area contributed by atoms with Crippen molar-refractivity contribution in [2.45, 2.75) is 33.3 Å². The number of rotatable bonds is 1. The zero-order valence-corrected chi connectivity index (χ0v) is 6.43. The van der Waals surface area contributed by atoms with Gasteiger partial charge in [-0.15, -0.1) is 0 Å². The monoisotopic (exact) mass is 133 g/mol. The van der Waals surface area contributed by atoms with Crippen LogP contribution in [0.25, 0.3) is 0 Å². The van der Waals surface area contributed by atoms with Crippen LogP contribution in [0.3, 0.4) is 0 Å². The first-order chi connectivity index (χ1) is 3.94. The van der Waals surface area contributed by atoms with Crippen molar-refractivity contribution in [3.05, 3.63) is 0 Å². The van der Waals surface area contributed by atoms with E-state index in [2.05, 4.69) is 5.73 Å². The summed E-state index contributed by atoms with van der Waals surface area (Å²) in [6, 6.07) is 0. The standard InChI is InChI=1S/C4H9NO2.C2H6/c1-4(2,7)3(5)6;1-2/h7H,1-2H3,(H2,5,6);1-2H3. The lowest BCUT2D eigenvalue weighted by molar-refractivity contribution is -0.132. The molecule has 9 heavy (non-hydrogen) atoms. The summed E-state index contributed by atoms with van der Waals surface area (Å²) < 4.78 is 0. The quantitative estimate of drug-likeness (QED) is 0.539. The molecule has 0 aliphatic rings. The highest BCUT2D eigenvalue weighted by atomic mass is 16.3. The Labute approximate surface area is 55.9 Å². The molecule has 0 aromatic heterocycles. The number of primary amides is 1. The van der Waals surface area contributed by atoms with E-state index in [1.165, 1.54) is 13.8 Å². The molecule has 0 saturated carbocycles. The van der Waals surface area contributed by atoms with E-state index < -0.39 is 11.5 Å². The van der Waals surface area contributed by atoms with Gasteiger partial charge in [-0.3, -0.25) is 4.79 Å². The molecule has 0 unspecified atom stereocenters. The van der Waals surface area contributed by atoms with Crippen molar-refractivity contribution < 1.29 is 9.90 Å². The summed E-state index contributed by atoms with van der Waals surface area (Å²) in [6.45, 7) is 6.69. The van der Waals surface area contributed by atoms with Gasteiger partial charge in [-0.25, -0.2) is 0 Å². The molecular weight excluding hydrogens is 118 g/mol. The number of amides is 1. The van der Waals surface area contributed by atoms with Crippen molar-refractivity contribution in [2.75, 3.05) is 0 Å². The number of nitrogens with two attached hydrogens (primary N) is 1. The average Bonchev–Trinajstić information content (AvgIpc) is 1.69. The summed E-state index contributed by atoms with van der Waals surface area (Å²) in [7, 11) is 0. The maximum Gasteiger partial charge on any atom is 0.248 e. The van der Waals surface area contributed by atoms with E-state index in [0.717, 1.165) is 0 Å². The number of aliphatic hydroxyl groups is 1. The molecule has 3 N–H and O–H groups in total. The molecular formula is C6H15NO2. The van der Waals surface area contributed by atoms with Gasteiger partial charge in [0.15, 0.2) is 0 Å². The summed E-state index contributed by atoms with van der Waals surface area (Å²) in [5.41, 5.74) is 3.32. The molecule has 0 bridgehead atoms. The van der Waals surface area contributed by atoms with Crippen LogP contribution < -0.4 is 5.73 Å². The molecule has 0 aromatic carbocycles. The van der Waals surface area contributed by atoms with Crippen molar-refractivity contribution in [3.63, 3.8) is 0 Å². The topological polar surface area (TPSA) is 63.3 Å². The van der Waals surface area contributed by atoms with Gasteiger partial charge < -0.3 is 10.8 Å². The first-order valence-corrected chi connectivity index (χ1v) is 2.97. The summed E-state index contributed by atoms with van der Waals surface area (Å²) in [5, 5.41) is 8.62. The molecule has 0 spiro atoms. The van der Waals surface area contributed by atoms with Crippen LogP contribution in [0.4, 0.5) is 0 Å². The molecule has 0 aromatic rings. The van der Waals surface area contributed by atoms with Gasteiger partial charge in [-0.2, -0.15) is 0 Å². The van der Waals surface area contributed by atoms with Gasteiger partial charge >= 0.3 is 0 Å². The number of carbonyl (C=O) groups is 1. The van der Waals surface area contributed by atoms with Crippen LogP contribution >= 0.6 is 0 Å². The molecule has 0 radical (unpaired) electrons. The lowest BCUT2D eigenvalue weighted by Gasteiger charge is -2.09. The zero-order chi connectivity index (χ0) is 8.08. The molecule has 0 aliphatic heterocycles. The van der Waals surface area contributed by atoms with Crippen molar-refractivity contribution >= 4 is 5.91 Å². The Hall–Kier alpha value is -0.570. The first kappa shape index (κ1) is 11.3. The van der Waals surface area contributed by atoms with Crippen LogP contribution in [-0.4, -0.2) is 16.6 Å². The van der Waals surface area contributed by atoms with Crippen molar-refractivity contribution in [2.24, 2.45) is 5.73 Å². The fourth-order valence-corrected chi connectivity index (χ4v) is 0. The van der Waals surface area contributed by atoms with Gasteiger partial charge in [0.05, 0.1) is 0 Å². The summed E-state index contributed by atoms with van der Waals surface area (Å²) in [5.74, 6) is -0.701. The summed E-state index contributed by atoms with van der Waals surface area (Å²) >= 11 is 0. The van der Waals surface area contributed by atoms with Gasteiger partial charge in [0.2, 0.25) is 5.91 Å². The van der Waals surface area contributed by atoms with E-state index in [1.807, 2.05) is 13.8 Å². The molecule has 3 nitrogen and oxygen atoms in total. The van der Waals surface area contributed by atoms with Crippen LogP contribution in [0.15, 0.2) is 0 Å². The van der Waals surface area contributed by atoms with Crippen molar-refractivity contribution in [3.8, 4) is 0 Å². The number of hydrogen-bond acceptors (Lipinski definition) is 2. The minimum Gasteiger partial charge on any atom is -0.381 e. The zero-order valence-electron chi connectivity index (χ0n) is 6.43. The molecule has 0 saturated heterocycles. The molecule has 0 heterocycles. The van der Waals surface area contributed by atoms with Crippen LogP contribution in [0.1, 0.15) is 27.7 Å². The Morgan fingerprint density at radius 3 is 1.56 bits per heavy atom. The average molecular weight is 133 g/mol. The number of hydrogen-bond donors (Lipinski definition) is 2. The van der Waals surface area contributed by atoms with Gasteiger partial charge in [-0.1, -0.05) is 13.8 Å². The smallest absolute Gasteiger partial charge is 0.248 e. The van der Waals surface area contributed by atoms with Gasteiger partial charge in [0.1, 0.15) is 5.60 Å². The van der Waals surface area contributed by atoms with E-state index >= 15 is 0 Å². The molecule has 3 heteroatoms. The SMILES string of the molecule is CC.CC(C)(O)C(N)=O.